The second-order valence-corrected chi connectivity index (χ2v) is 6.12. The van der Waals surface area contributed by atoms with Crippen LogP contribution in [0.3, 0.4) is 0 Å². The van der Waals surface area contributed by atoms with Crippen LogP contribution in [0.4, 0.5) is 4.39 Å². The second-order valence-electron chi connectivity index (χ2n) is 6.12. The molecule has 1 atom stereocenters. The third kappa shape index (κ3) is 3.39. The molecule has 3 aromatic heterocycles. The summed E-state index contributed by atoms with van der Waals surface area (Å²) in [5, 5.41) is 8.43. The van der Waals surface area contributed by atoms with E-state index in [1.807, 2.05) is 23.7 Å². The van der Waals surface area contributed by atoms with E-state index in [1.54, 1.807) is 6.20 Å². The molecule has 0 radical (unpaired) electrons. The van der Waals surface area contributed by atoms with Gasteiger partial charge in [-0.15, -0.1) is 0 Å². The third-order valence-electron chi connectivity index (χ3n) is 4.15. The van der Waals surface area contributed by atoms with Crippen molar-refractivity contribution >= 4 is 0 Å². The molecule has 25 heavy (non-hydrogen) atoms. The molecule has 8 heteroatoms. The van der Waals surface area contributed by atoms with Crippen LogP contribution in [0.15, 0.2) is 41.2 Å². The average Bonchev–Trinajstić information content (AvgIpc) is 3.23. The molecule has 0 spiro atoms. The standard InChI is InChI=1S/C17H18FN5O2/c1-12-7-13(21-25-12)8-22-9-14-4-6-20-23(14)15(10-22)11-24-17-16(18)3-2-5-19-17/h2-7,15H,8-11H2,1H3/t15-/m1/s1. The van der Waals surface area contributed by atoms with Gasteiger partial charge in [0.1, 0.15) is 12.4 Å². The van der Waals surface area contributed by atoms with Crippen LogP contribution in [0.2, 0.25) is 0 Å². The molecule has 130 valence electrons. The summed E-state index contributed by atoms with van der Waals surface area (Å²) in [6.45, 7) is 4.32. The Labute approximate surface area is 144 Å². The Balaban J connectivity index is 1.48. The summed E-state index contributed by atoms with van der Waals surface area (Å²) in [6.07, 6.45) is 3.28. The number of ether oxygens (including phenoxy) is 1. The van der Waals surface area contributed by atoms with Gasteiger partial charge in [0.05, 0.1) is 17.4 Å². The fourth-order valence-electron chi connectivity index (χ4n) is 3.08. The summed E-state index contributed by atoms with van der Waals surface area (Å²) in [4.78, 5) is 6.18. The molecule has 0 N–H and O–H groups in total. The average molecular weight is 343 g/mol. The molecule has 0 aliphatic carbocycles. The highest BCUT2D eigenvalue weighted by Crippen LogP contribution is 2.23. The largest absolute Gasteiger partial charge is 0.473 e. The van der Waals surface area contributed by atoms with E-state index in [-0.39, 0.29) is 18.5 Å². The predicted molar refractivity (Wildman–Crippen MR) is 86.3 cm³/mol. The van der Waals surface area contributed by atoms with Crippen molar-refractivity contribution in [2.45, 2.75) is 26.1 Å². The fraction of sp³-hybridized carbons (Fsp3) is 0.353. The molecule has 0 saturated heterocycles. The van der Waals surface area contributed by atoms with Crippen LogP contribution in [0.25, 0.3) is 0 Å². The van der Waals surface area contributed by atoms with Crippen molar-refractivity contribution in [3.05, 3.63) is 59.6 Å². The van der Waals surface area contributed by atoms with Crippen LogP contribution in [0, 0.1) is 12.7 Å². The quantitative estimate of drug-likeness (QED) is 0.708. The molecule has 7 nitrogen and oxygen atoms in total. The number of halogens is 1. The van der Waals surface area contributed by atoms with Gasteiger partial charge >= 0.3 is 0 Å². The highest BCUT2D eigenvalue weighted by molar-refractivity contribution is 5.13. The fourth-order valence-corrected chi connectivity index (χ4v) is 3.08. The minimum absolute atomic E-state index is 0.0143. The van der Waals surface area contributed by atoms with Crippen molar-refractivity contribution in [2.75, 3.05) is 13.2 Å². The zero-order chi connectivity index (χ0) is 17.2. The van der Waals surface area contributed by atoms with Gasteiger partial charge < -0.3 is 9.26 Å². The van der Waals surface area contributed by atoms with E-state index in [0.29, 0.717) is 6.54 Å². The van der Waals surface area contributed by atoms with Gasteiger partial charge in [0, 0.05) is 38.1 Å². The Morgan fingerprint density at radius 2 is 2.28 bits per heavy atom. The number of aryl methyl sites for hydroxylation is 1. The van der Waals surface area contributed by atoms with Gasteiger partial charge in [0.2, 0.25) is 5.88 Å². The van der Waals surface area contributed by atoms with Crippen LogP contribution in [0.5, 0.6) is 5.88 Å². The normalized spacial score (nSPS) is 17.4. The molecule has 0 bridgehead atoms. The maximum Gasteiger partial charge on any atom is 0.250 e. The summed E-state index contributed by atoms with van der Waals surface area (Å²) < 4.78 is 26.4. The van der Waals surface area contributed by atoms with Gasteiger partial charge in [-0.25, -0.2) is 9.37 Å². The van der Waals surface area contributed by atoms with Crippen molar-refractivity contribution in [1.29, 1.82) is 0 Å². The number of fused-ring (bicyclic) bond motifs is 1. The Bertz CT molecular complexity index is 862. The number of aromatic nitrogens is 4. The topological polar surface area (TPSA) is 69.2 Å². The number of nitrogens with zero attached hydrogens (tertiary/aromatic N) is 5. The van der Waals surface area contributed by atoms with E-state index in [9.17, 15) is 4.39 Å². The van der Waals surface area contributed by atoms with Crippen LogP contribution >= 0.6 is 0 Å². The highest BCUT2D eigenvalue weighted by atomic mass is 19.1. The molecule has 0 fully saturated rings. The molecule has 3 aromatic rings. The lowest BCUT2D eigenvalue weighted by Gasteiger charge is -2.33. The van der Waals surface area contributed by atoms with Crippen LogP contribution in [-0.4, -0.2) is 38.0 Å². The number of pyridine rings is 1. The number of hydrogen-bond acceptors (Lipinski definition) is 6. The lowest BCUT2D eigenvalue weighted by molar-refractivity contribution is 0.121. The lowest BCUT2D eigenvalue weighted by Crippen LogP contribution is -2.39. The Kier molecular flexibility index (Phi) is 4.19. The first kappa shape index (κ1) is 15.8. The SMILES string of the molecule is Cc1cc(CN2Cc3ccnn3[C@@H](COc3ncccc3F)C2)no1. The van der Waals surface area contributed by atoms with Crippen molar-refractivity contribution in [3.63, 3.8) is 0 Å². The summed E-state index contributed by atoms with van der Waals surface area (Å²) in [6, 6.07) is 6.75. The van der Waals surface area contributed by atoms with E-state index in [0.717, 1.165) is 30.2 Å². The first-order valence-electron chi connectivity index (χ1n) is 8.09. The van der Waals surface area contributed by atoms with Crippen molar-refractivity contribution in [1.82, 2.24) is 24.8 Å². The van der Waals surface area contributed by atoms with E-state index in [2.05, 4.69) is 20.1 Å². The van der Waals surface area contributed by atoms with Crippen LogP contribution in [0.1, 0.15) is 23.2 Å². The molecule has 4 rings (SSSR count). The zero-order valence-corrected chi connectivity index (χ0v) is 13.8. The molecule has 0 aromatic carbocycles. The van der Waals surface area contributed by atoms with Gasteiger partial charge in [-0.2, -0.15) is 5.10 Å². The lowest BCUT2D eigenvalue weighted by atomic mass is 10.2. The first-order valence-corrected chi connectivity index (χ1v) is 8.09. The van der Waals surface area contributed by atoms with Gasteiger partial charge in [0.15, 0.2) is 5.82 Å². The second kappa shape index (κ2) is 6.64. The van der Waals surface area contributed by atoms with E-state index < -0.39 is 5.82 Å². The minimum Gasteiger partial charge on any atom is -0.473 e. The van der Waals surface area contributed by atoms with Crippen molar-refractivity contribution < 1.29 is 13.7 Å². The van der Waals surface area contributed by atoms with Crippen molar-refractivity contribution in [3.8, 4) is 5.88 Å². The molecule has 0 saturated carbocycles. The van der Waals surface area contributed by atoms with E-state index in [4.69, 9.17) is 9.26 Å². The Hall–Kier alpha value is -2.74. The third-order valence-corrected chi connectivity index (χ3v) is 4.15. The molecule has 0 unspecified atom stereocenters. The van der Waals surface area contributed by atoms with E-state index in [1.165, 1.54) is 18.3 Å². The molecule has 1 aliphatic rings. The number of rotatable bonds is 5. The summed E-state index contributed by atoms with van der Waals surface area (Å²) >= 11 is 0. The Morgan fingerprint density at radius 1 is 1.36 bits per heavy atom. The van der Waals surface area contributed by atoms with Crippen molar-refractivity contribution in [2.24, 2.45) is 0 Å². The predicted octanol–water partition coefficient (Wildman–Crippen LogP) is 2.35. The molecule has 0 amide bonds. The summed E-state index contributed by atoms with van der Waals surface area (Å²) in [5.41, 5.74) is 1.97. The maximum atomic E-state index is 13.7. The van der Waals surface area contributed by atoms with Gasteiger partial charge in [-0.05, 0) is 25.1 Å². The molecule has 4 heterocycles. The molecular formula is C17H18FN5O2. The van der Waals surface area contributed by atoms with Crippen LogP contribution in [-0.2, 0) is 13.1 Å². The zero-order valence-electron chi connectivity index (χ0n) is 13.8. The van der Waals surface area contributed by atoms with E-state index >= 15 is 0 Å². The monoisotopic (exact) mass is 343 g/mol. The van der Waals surface area contributed by atoms with Gasteiger partial charge in [0.25, 0.3) is 0 Å². The summed E-state index contributed by atoms with van der Waals surface area (Å²) in [7, 11) is 0. The Morgan fingerprint density at radius 3 is 3.08 bits per heavy atom. The van der Waals surface area contributed by atoms with Crippen LogP contribution < -0.4 is 4.74 Å². The van der Waals surface area contributed by atoms with Gasteiger partial charge in [-0.3, -0.25) is 9.58 Å². The molecular weight excluding hydrogens is 325 g/mol. The first-order chi connectivity index (χ1) is 12.2. The number of hydrogen-bond donors (Lipinski definition) is 0. The molecule has 1 aliphatic heterocycles. The summed E-state index contributed by atoms with van der Waals surface area (Å²) in [5.74, 6) is 0.344. The highest BCUT2D eigenvalue weighted by Gasteiger charge is 2.27. The van der Waals surface area contributed by atoms with Gasteiger partial charge in [-0.1, -0.05) is 5.16 Å². The minimum atomic E-state index is -0.464. The smallest absolute Gasteiger partial charge is 0.250 e. The maximum absolute atomic E-state index is 13.7.